The van der Waals surface area contributed by atoms with Crippen LogP contribution in [-0.2, 0) is 5.41 Å². The van der Waals surface area contributed by atoms with Crippen LogP contribution in [0.25, 0.3) is 10.8 Å². The molecule has 0 spiro atoms. The Bertz CT molecular complexity index is 2000. The summed E-state index contributed by atoms with van der Waals surface area (Å²) in [7, 11) is 0. The Morgan fingerprint density at radius 1 is 0.333 bits per heavy atom. The number of benzene rings is 8. The van der Waals surface area contributed by atoms with Crippen molar-refractivity contribution in [2.24, 2.45) is 0 Å². The van der Waals surface area contributed by atoms with Crippen LogP contribution in [0.2, 0.25) is 0 Å². The van der Waals surface area contributed by atoms with E-state index in [4.69, 9.17) is 0 Å². The molecule has 0 radical (unpaired) electrons. The van der Waals surface area contributed by atoms with E-state index in [0.29, 0.717) is 0 Å². The number of hydrogen-bond acceptors (Lipinski definition) is 0. The molecular weight excluding hydrogens is 638 g/mol. The van der Waals surface area contributed by atoms with E-state index in [-0.39, 0.29) is 63.1 Å². The van der Waals surface area contributed by atoms with Gasteiger partial charge in [-0.2, -0.15) is 16.4 Å². The van der Waals surface area contributed by atoms with Gasteiger partial charge in [0.05, 0.1) is 6.15 Å². The smallest absolute Gasteiger partial charge is 0.199 e. The van der Waals surface area contributed by atoms with Crippen LogP contribution in [0.4, 0.5) is 0 Å². The summed E-state index contributed by atoms with van der Waals surface area (Å²) in [6.45, 7) is 0. The second kappa shape index (κ2) is 14.4. The molecular formula is C49H38BK. The Balaban J connectivity index is 0.00000374. The number of hydrogen-bond donors (Lipinski definition) is 0. The molecule has 51 heavy (non-hydrogen) atoms. The summed E-state index contributed by atoms with van der Waals surface area (Å²) >= 11 is 0. The van der Waals surface area contributed by atoms with Crippen molar-refractivity contribution in [1.82, 2.24) is 0 Å². The fourth-order valence-electron chi connectivity index (χ4n) is 9.98. The molecule has 0 saturated carbocycles. The van der Waals surface area contributed by atoms with E-state index in [2.05, 4.69) is 218 Å². The zero-order valence-electron chi connectivity index (χ0n) is 29.0. The Hall–Kier alpha value is -4.28. The molecule has 0 heterocycles. The maximum Gasteiger partial charge on any atom is 1.00 e. The predicted octanol–water partition coefficient (Wildman–Crippen LogP) is 6.77. The molecule has 9 rings (SSSR count). The van der Waals surface area contributed by atoms with Gasteiger partial charge in [0, 0.05) is 5.41 Å². The number of rotatable bonds is 8. The van der Waals surface area contributed by atoms with E-state index in [1.165, 1.54) is 55.0 Å². The summed E-state index contributed by atoms with van der Waals surface area (Å²) in [6, 6.07) is 82.2. The van der Waals surface area contributed by atoms with Gasteiger partial charge in [-0.1, -0.05) is 224 Å². The molecule has 1 aliphatic carbocycles. The molecule has 0 aromatic heterocycles. The molecule has 0 nitrogen and oxygen atoms in total. The van der Waals surface area contributed by atoms with E-state index in [1.54, 1.807) is 0 Å². The first-order valence-corrected chi connectivity index (χ1v) is 17.9. The molecule has 0 N–H and O–H groups in total. The molecule has 0 bridgehead atoms. The minimum Gasteiger partial charge on any atom is -0.199 e. The molecule has 2 heteroatoms. The third kappa shape index (κ3) is 5.36. The fourth-order valence-corrected chi connectivity index (χ4v) is 9.98. The van der Waals surface area contributed by atoms with Crippen molar-refractivity contribution in [2.75, 3.05) is 0 Å². The van der Waals surface area contributed by atoms with Crippen LogP contribution < -0.4 is 67.8 Å². The van der Waals surface area contributed by atoms with E-state index >= 15 is 0 Å². The van der Waals surface area contributed by atoms with Gasteiger partial charge >= 0.3 is 51.4 Å². The normalized spacial score (nSPS) is 15.3. The van der Waals surface area contributed by atoms with Gasteiger partial charge < -0.3 is 0 Å². The van der Waals surface area contributed by atoms with Gasteiger partial charge in [-0.3, -0.25) is 0 Å². The Morgan fingerprint density at radius 2 is 0.667 bits per heavy atom. The van der Waals surface area contributed by atoms with Crippen LogP contribution in [0, 0.1) is 0 Å². The van der Waals surface area contributed by atoms with Gasteiger partial charge in [0.15, 0.2) is 0 Å². The van der Waals surface area contributed by atoms with Crippen molar-refractivity contribution in [2.45, 2.75) is 17.2 Å². The van der Waals surface area contributed by atoms with Gasteiger partial charge in [-0.05, 0) is 38.9 Å². The van der Waals surface area contributed by atoms with Crippen molar-refractivity contribution < 1.29 is 51.4 Å². The fraction of sp³-hybridized carbons (Fsp3) is 0.0612. The second-order valence-corrected chi connectivity index (χ2v) is 13.9. The van der Waals surface area contributed by atoms with Crippen molar-refractivity contribution in [3.05, 3.63) is 246 Å². The Morgan fingerprint density at radius 3 is 1.04 bits per heavy atom. The van der Waals surface area contributed by atoms with Gasteiger partial charge in [0.1, 0.15) is 0 Å². The summed E-state index contributed by atoms with van der Waals surface area (Å²) < 4.78 is 0. The average Bonchev–Trinajstić information content (AvgIpc) is 3.54. The largest absolute Gasteiger partial charge is 1.00 e. The van der Waals surface area contributed by atoms with Crippen molar-refractivity contribution in [3.8, 4) is 0 Å². The van der Waals surface area contributed by atoms with Crippen LogP contribution >= 0.6 is 0 Å². The molecule has 1 aliphatic rings. The van der Waals surface area contributed by atoms with Crippen molar-refractivity contribution in [3.63, 3.8) is 0 Å². The van der Waals surface area contributed by atoms with Crippen LogP contribution in [0.5, 0.6) is 0 Å². The van der Waals surface area contributed by atoms with Crippen LogP contribution in [-0.4, -0.2) is 6.15 Å². The Kier molecular flexibility index (Phi) is 9.55. The van der Waals surface area contributed by atoms with Crippen LogP contribution in [0.15, 0.2) is 218 Å². The summed E-state index contributed by atoms with van der Waals surface area (Å²) in [6.07, 6.45) is -1.62. The molecule has 8 aromatic rings. The average molecular weight is 677 g/mol. The summed E-state index contributed by atoms with van der Waals surface area (Å²) in [5.74, 6) is 0.0836. The first-order valence-electron chi connectivity index (χ1n) is 17.9. The van der Waals surface area contributed by atoms with E-state index < -0.39 is 11.6 Å². The first kappa shape index (κ1) is 33.8. The Labute approximate surface area is 344 Å². The van der Waals surface area contributed by atoms with E-state index in [0.717, 1.165) is 0 Å². The zero-order valence-corrected chi connectivity index (χ0v) is 32.1. The van der Waals surface area contributed by atoms with Gasteiger partial charge in [-0.25, -0.2) is 0 Å². The van der Waals surface area contributed by atoms with Gasteiger partial charge in [0.25, 0.3) is 0 Å². The van der Waals surface area contributed by atoms with Gasteiger partial charge in [-0.15, -0.1) is 5.82 Å². The molecule has 0 fully saturated rings. The molecule has 2 atom stereocenters. The topological polar surface area (TPSA) is 0 Å². The summed E-state index contributed by atoms with van der Waals surface area (Å²) in [4.78, 5) is 0. The molecule has 0 saturated heterocycles. The monoisotopic (exact) mass is 676 g/mol. The SMILES string of the molecule is [K+].c1ccc([B-](c2ccccc2)(c2ccccc2)C2c3cccc4cccc(c34)C2C(c2ccccc2)(c2ccccc2)c2ccccc2)cc1. The third-order valence-corrected chi connectivity index (χ3v) is 11.7. The van der Waals surface area contributed by atoms with Crippen molar-refractivity contribution in [1.29, 1.82) is 0 Å². The zero-order chi connectivity index (χ0) is 33.4. The van der Waals surface area contributed by atoms with E-state index in [1.807, 2.05) is 0 Å². The van der Waals surface area contributed by atoms with E-state index in [9.17, 15) is 0 Å². The summed E-state index contributed by atoms with van der Waals surface area (Å²) in [5, 5.41) is 2.70. The minimum atomic E-state index is -1.62. The quantitative estimate of drug-likeness (QED) is 0.123. The minimum absolute atomic E-state index is 0. The van der Waals surface area contributed by atoms with Crippen LogP contribution in [0.3, 0.4) is 0 Å². The van der Waals surface area contributed by atoms with Crippen LogP contribution in [0.1, 0.15) is 39.6 Å². The maximum absolute atomic E-state index is 2.44. The molecule has 238 valence electrons. The maximum atomic E-state index is 2.44. The molecule has 8 aromatic carbocycles. The third-order valence-electron chi connectivity index (χ3n) is 11.7. The molecule has 0 amide bonds. The molecule has 2 unspecified atom stereocenters. The second-order valence-electron chi connectivity index (χ2n) is 13.9. The van der Waals surface area contributed by atoms with Gasteiger partial charge in [0.2, 0.25) is 0 Å². The summed E-state index contributed by atoms with van der Waals surface area (Å²) in [5.41, 5.74) is 10.3. The molecule has 0 aliphatic heterocycles. The predicted molar refractivity (Wildman–Crippen MR) is 213 cm³/mol. The standard InChI is InChI=1S/C49H38B.K/c1-7-23-38(24-8-1)49(39-25-9-2-10-26-39,40-27-11-3-12-28-40)47-44-35-19-21-37-22-20-36-45(46(37)44)48(47)50(41-29-13-4-14-30-41,42-31-15-5-16-32-42)43-33-17-6-18-34-43;/h1-36,47-48H;/q-1;+1. The van der Waals surface area contributed by atoms with Crippen molar-refractivity contribution >= 4 is 33.3 Å². The first-order chi connectivity index (χ1) is 24.8.